The van der Waals surface area contributed by atoms with Crippen LogP contribution in [0.3, 0.4) is 0 Å². The molecule has 1 aromatic rings. The van der Waals surface area contributed by atoms with Crippen molar-refractivity contribution in [3.05, 3.63) is 38.8 Å². The molecule has 0 aromatic carbocycles. The number of nitro groups is 1. The van der Waals surface area contributed by atoms with Crippen molar-refractivity contribution in [1.29, 1.82) is 0 Å². The second kappa shape index (κ2) is 7.78. The van der Waals surface area contributed by atoms with Gasteiger partial charge < -0.3 is 10.4 Å². The Bertz CT molecular complexity index is 595. The molecule has 9 heteroatoms. The minimum atomic E-state index is -0.899. The van der Waals surface area contributed by atoms with Crippen molar-refractivity contribution in [2.75, 3.05) is 6.54 Å². The first-order valence-corrected chi connectivity index (χ1v) is 6.23. The van der Waals surface area contributed by atoms with Gasteiger partial charge >= 0.3 is 5.97 Å². The van der Waals surface area contributed by atoms with Crippen molar-refractivity contribution < 1.29 is 19.6 Å². The average molecular weight is 297 g/mol. The molecule has 0 aliphatic carbocycles. The van der Waals surface area contributed by atoms with E-state index in [0.717, 1.165) is 22.9 Å². The van der Waals surface area contributed by atoms with Crippen LogP contribution in [-0.4, -0.2) is 33.0 Å². The fourth-order valence-electron chi connectivity index (χ4n) is 1.59. The van der Waals surface area contributed by atoms with E-state index in [1.54, 1.807) is 0 Å². The van der Waals surface area contributed by atoms with Crippen LogP contribution < -0.4 is 10.9 Å². The summed E-state index contributed by atoms with van der Waals surface area (Å²) in [5, 5.41) is 21.5. The van der Waals surface area contributed by atoms with Crippen LogP contribution in [0.4, 0.5) is 5.69 Å². The van der Waals surface area contributed by atoms with Crippen molar-refractivity contribution in [1.82, 2.24) is 9.88 Å². The Labute approximate surface area is 119 Å². The topological polar surface area (TPSA) is 132 Å². The molecule has 1 aromatic heterocycles. The maximum Gasteiger partial charge on any atom is 0.303 e. The number of aromatic nitrogens is 1. The molecule has 1 amide bonds. The first-order valence-electron chi connectivity index (χ1n) is 6.23. The number of aliphatic carboxylic acids is 1. The third-order valence-corrected chi connectivity index (χ3v) is 2.63. The Hall–Kier alpha value is -2.71. The number of carbonyl (C=O) groups excluding carboxylic acids is 1. The van der Waals surface area contributed by atoms with Gasteiger partial charge in [0.05, 0.1) is 11.1 Å². The number of carboxylic acid groups (broad SMARTS) is 1. The van der Waals surface area contributed by atoms with Gasteiger partial charge in [-0.25, -0.2) is 0 Å². The molecule has 0 fully saturated rings. The van der Waals surface area contributed by atoms with Gasteiger partial charge in [0.2, 0.25) is 5.91 Å². The number of pyridine rings is 1. The molecule has 2 N–H and O–H groups in total. The Balaban J connectivity index is 2.47. The summed E-state index contributed by atoms with van der Waals surface area (Å²) < 4.78 is 0.949. The quantitative estimate of drug-likeness (QED) is 0.398. The van der Waals surface area contributed by atoms with E-state index in [1.165, 1.54) is 0 Å². The summed E-state index contributed by atoms with van der Waals surface area (Å²) in [7, 11) is 0. The predicted molar refractivity (Wildman–Crippen MR) is 71.9 cm³/mol. The Morgan fingerprint density at radius 2 is 2.05 bits per heavy atom. The highest BCUT2D eigenvalue weighted by molar-refractivity contribution is 5.75. The normalized spacial score (nSPS) is 10.1. The van der Waals surface area contributed by atoms with Gasteiger partial charge in [0.25, 0.3) is 11.2 Å². The number of carbonyl (C=O) groups is 2. The number of nitrogens with zero attached hydrogens (tertiary/aromatic N) is 2. The molecule has 0 spiro atoms. The van der Waals surface area contributed by atoms with Gasteiger partial charge in [0, 0.05) is 25.1 Å². The van der Waals surface area contributed by atoms with Gasteiger partial charge in [0.1, 0.15) is 6.54 Å². The van der Waals surface area contributed by atoms with Crippen LogP contribution in [0.15, 0.2) is 23.1 Å². The molecule has 0 saturated heterocycles. The van der Waals surface area contributed by atoms with E-state index in [-0.39, 0.29) is 25.2 Å². The van der Waals surface area contributed by atoms with Gasteiger partial charge in [-0.3, -0.25) is 29.1 Å². The highest BCUT2D eigenvalue weighted by Gasteiger charge is 2.10. The largest absolute Gasteiger partial charge is 0.481 e. The van der Waals surface area contributed by atoms with Crippen LogP contribution in [0.5, 0.6) is 0 Å². The summed E-state index contributed by atoms with van der Waals surface area (Å²) in [5.41, 5.74) is -0.787. The number of unbranched alkanes of at least 4 members (excludes halogenated alkanes) is 1. The van der Waals surface area contributed by atoms with E-state index in [0.29, 0.717) is 12.8 Å². The lowest BCUT2D eigenvalue weighted by Gasteiger charge is -2.06. The van der Waals surface area contributed by atoms with E-state index in [1.807, 2.05) is 0 Å². The number of rotatable bonds is 8. The third kappa shape index (κ3) is 5.85. The number of hydrogen-bond donors (Lipinski definition) is 2. The maximum absolute atomic E-state index is 11.6. The summed E-state index contributed by atoms with van der Waals surface area (Å²) in [5.74, 6) is -1.36. The first-order chi connectivity index (χ1) is 9.90. The van der Waals surface area contributed by atoms with E-state index in [2.05, 4.69) is 5.32 Å². The van der Waals surface area contributed by atoms with Crippen LogP contribution in [0.2, 0.25) is 0 Å². The molecule has 0 saturated carbocycles. The summed E-state index contributed by atoms with van der Waals surface area (Å²) in [6.45, 7) is -0.0325. The zero-order valence-electron chi connectivity index (χ0n) is 11.2. The fraction of sp³-hybridized carbons (Fsp3) is 0.417. The minimum Gasteiger partial charge on any atom is -0.481 e. The smallest absolute Gasteiger partial charge is 0.303 e. The molecule has 1 rings (SSSR count). The lowest BCUT2D eigenvalue weighted by atomic mass is 10.2. The molecule has 114 valence electrons. The molecule has 0 bridgehead atoms. The number of carboxylic acids is 1. The fourth-order valence-corrected chi connectivity index (χ4v) is 1.59. The maximum atomic E-state index is 11.6. The van der Waals surface area contributed by atoms with E-state index in [9.17, 15) is 24.5 Å². The van der Waals surface area contributed by atoms with Crippen LogP contribution in [0.25, 0.3) is 0 Å². The van der Waals surface area contributed by atoms with Crippen LogP contribution in [0.1, 0.15) is 19.3 Å². The zero-order chi connectivity index (χ0) is 15.8. The first kappa shape index (κ1) is 16.3. The van der Waals surface area contributed by atoms with Crippen molar-refractivity contribution in [2.24, 2.45) is 0 Å². The van der Waals surface area contributed by atoms with Gasteiger partial charge in [-0.1, -0.05) is 0 Å². The standard InChI is InChI=1S/C12H15N3O6/c16-10(13-6-2-1-3-12(18)19)8-14-7-9(15(20)21)4-5-11(14)17/h4-5,7H,1-3,6,8H2,(H,13,16)(H,18,19). The molecule has 0 radical (unpaired) electrons. The summed E-state index contributed by atoms with van der Waals surface area (Å²) in [6.07, 6.45) is 1.97. The number of hydrogen-bond acceptors (Lipinski definition) is 5. The molecule has 0 aliphatic heterocycles. The number of nitrogens with one attached hydrogen (secondary N) is 1. The molecule has 0 atom stereocenters. The Kier molecular flexibility index (Phi) is 6.05. The average Bonchev–Trinajstić information content (AvgIpc) is 2.40. The summed E-state index contributed by atoms with van der Waals surface area (Å²) in [6, 6.07) is 2.10. The Morgan fingerprint density at radius 1 is 1.33 bits per heavy atom. The SMILES string of the molecule is O=C(O)CCCCNC(=O)Cn1cc([N+](=O)[O-])ccc1=O. The van der Waals surface area contributed by atoms with Crippen molar-refractivity contribution in [2.45, 2.75) is 25.8 Å². The van der Waals surface area contributed by atoms with Crippen molar-refractivity contribution in [3.63, 3.8) is 0 Å². The molecular weight excluding hydrogens is 282 g/mol. The minimum absolute atomic E-state index is 0.0280. The molecular formula is C12H15N3O6. The van der Waals surface area contributed by atoms with E-state index < -0.39 is 22.4 Å². The second-order valence-corrected chi connectivity index (χ2v) is 4.31. The summed E-state index contributed by atoms with van der Waals surface area (Å²) >= 11 is 0. The lowest BCUT2D eigenvalue weighted by Crippen LogP contribution is -2.32. The zero-order valence-corrected chi connectivity index (χ0v) is 11.2. The van der Waals surface area contributed by atoms with Gasteiger partial charge in [0.15, 0.2) is 0 Å². The van der Waals surface area contributed by atoms with E-state index >= 15 is 0 Å². The van der Waals surface area contributed by atoms with Crippen LogP contribution in [-0.2, 0) is 16.1 Å². The lowest BCUT2D eigenvalue weighted by molar-refractivity contribution is -0.385. The van der Waals surface area contributed by atoms with Crippen molar-refractivity contribution in [3.8, 4) is 0 Å². The van der Waals surface area contributed by atoms with Crippen LogP contribution in [0, 0.1) is 10.1 Å². The predicted octanol–water partition coefficient (Wildman–Crippen LogP) is 0.128. The van der Waals surface area contributed by atoms with Gasteiger partial charge in [-0.15, -0.1) is 0 Å². The molecule has 9 nitrogen and oxygen atoms in total. The van der Waals surface area contributed by atoms with Gasteiger partial charge in [-0.05, 0) is 12.8 Å². The molecule has 1 heterocycles. The second-order valence-electron chi connectivity index (χ2n) is 4.31. The number of amides is 1. The molecule has 0 unspecified atom stereocenters. The molecule has 21 heavy (non-hydrogen) atoms. The Morgan fingerprint density at radius 3 is 2.67 bits per heavy atom. The van der Waals surface area contributed by atoms with Crippen molar-refractivity contribution >= 4 is 17.6 Å². The highest BCUT2D eigenvalue weighted by Crippen LogP contribution is 2.06. The molecule has 0 aliphatic rings. The van der Waals surface area contributed by atoms with E-state index in [4.69, 9.17) is 5.11 Å². The highest BCUT2D eigenvalue weighted by atomic mass is 16.6. The third-order valence-electron chi connectivity index (χ3n) is 2.63. The van der Waals surface area contributed by atoms with Gasteiger partial charge in [-0.2, -0.15) is 0 Å². The monoisotopic (exact) mass is 297 g/mol. The van der Waals surface area contributed by atoms with Crippen LogP contribution >= 0.6 is 0 Å². The summed E-state index contributed by atoms with van der Waals surface area (Å²) in [4.78, 5) is 43.3.